The van der Waals surface area contributed by atoms with Crippen molar-refractivity contribution in [2.75, 3.05) is 30.4 Å². The Morgan fingerprint density at radius 1 is 1.16 bits per heavy atom. The van der Waals surface area contributed by atoms with Crippen molar-refractivity contribution in [3.8, 4) is 11.8 Å². The zero-order chi connectivity index (χ0) is 23.0. The van der Waals surface area contributed by atoms with Gasteiger partial charge in [-0.05, 0) is 61.4 Å². The molecule has 2 aromatic rings. The predicted octanol–water partition coefficient (Wildman–Crippen LogP) is 2.97. The standard InChI is InChI=1S/C24H28N4O3/c1-5-22(29)28(15-23(30)31-4)21-14-16(2)19(13-17(21)3)7-6-12-27-20-10-8-18(9-11-20)24(25)26/h8-11,13-14,27H,5,12,15H2,1-4H3,(H3,25,26). The van der Waals surface area contributed by atoms with E-state index in [0.717, 1.165) is 22.4 Å². The molecule has 162 valence electrons. The van der Waals surface area contributed by atoms with Crippen molar-refractivity contribution in [1.82, 2.24) is 0 Å². The number of esters is 1. The van der Waals surface area contributed by atoms with Gasteiger partial charge in [0.05, 0.1) is 13.7 Å². The summed E-state index contributed by atoms with van der Waals surface area (Å²) >= 11 is 0. The molecule has 2 aromatic carbocycles. The summed E-state index contributed by atoms with van der Waals surface area (Å²) in [7, 11) is 1.31. The Labute approximate surface area is 183 Å². The summed E-state index contributed by atoms with van der Waals surface area (Å²) in [5, 5.41) is 10.6. The van der Waals surface area contributed by atoms with Crippen LogP contribution in [-0.4, -0.2) is 37.9 Å². The second-order valence-corrected chi connectivity index (χ2v) is 7.01. The molecule has 0 heterocycles. The van der Waals surface area contributed by atoms with Crippen molar-refractivity contribution >= 4 is 29.1 Å². The number of carbonyl (C=O) groups excluding carboxylic acids is 2. The lowest BCUT2D eigenvalue weighted by Gasteiger charge is -2.24. The van der Waals surface area contributed by atoms with E-state index < -0.39 is 5.97 Å². The third kappa shape index (κ3) is 6.34. The molecule has 0 radical (unpaired) electrons. The third-order valence-electron chi connectivity index (χ3n) is 4.75. The molecule has 0 saturated heterocycles. The number of hydrogen-bond acceptors (Lipinski definition) is 5. The Morgan fingerprint density at radius 2 is 1.84 bits per heavy atom. The summed E-state index contributed by atoms with van der Waals surface area (Å²) in [6.07, 6.45) is 0.288. The van der Waals surface area contributed by atoms with E-state index in [2.05, 4.69) is 17.2 Å². The summed E-state index contributed by atoms with van der Waals surface area (Å²) in [5.41, 5.74) is 10.3. The van der Waals surface area contributed by atoms with Gasteiger partial charge in [-0.15, -0.1) is 0 Å². The normalized spacial score (nSPS) is 9.94. The molecule has 1 amide bonds. The maximum absolute atomic E-state index is 12.4. The van der Waals surface area contributed by atoms with Crippen molar-refractivity contribution in [2.45, 2.75) is 27.2 Å². The van der Waals surface area contributed by atoms with Crippen LogP contribution in [0, 0.1) is 31.1 Å². The van der Waals surface area contributed by atoms with Crippen molar-refractivity contribution in [3.05, 3.63) is 58.7 Å². The lowest BCUT2D eigenvalue weighted by atomic mass is 10.0. The fraction of sp³-hybridized carbons (Fsp3) is 0.292. The number of anilines is 2. The Bertz CT molecular complexity index is 1030. The number of hydrogen-bond donors (Lipinski definition) is 3. The van der Waals surface area contributed by atoms with Crippen molar-refractivity contribution in [2.24, 2.45) is 5.73 Å². The summed E-state index contributed by atoms with van der Waals surface area (Å²) in [6.45, 7) is 5.90. The van der Waals surface area contributed by atoms with Gasteiger partial charge in [0.15, 0.2) is 0 Å². The first-order valence-electron chi connectivity index (χ1n) is 9.92. The van der Waals surface area contributed by atoms with Gasteiger partial charge in [-0.2, -0.15) is 0 Å². The molecule has 0 bridgehead atoms. The molecule has 0 aliphatic heterocycles. The van der Waals surface area contributed by atoms with Gasteiger partial charge in [0.2, 0.25) is 5.91 Å². The Kier molecular flexibility index (Phi) is 8.21. The first kappa shape index (κ1) is 23.5. The lowest BCUT2D eigenvalue weighted by molar-refractivity contribution is -0.140. The molecule has 7 heteroatoms. The minimum atomic E-state index is -0.467. The van der Waals surface area contributed by atoms with E-state index in [4.69, 9.17) is 15.9 Å². The highest BCUT2D eigenvalue weighted by molar-refractivity contribution is 5.98. The fourth-order valence-electron chi connectivity index (χ4n) is 2.97. The first-order chi connectivity index (χ1) is 14.8. The molecule has 0 fully saturated rings. The van der Waals surface area contributed by atoms with E-state index >= 15 is 0 Å². The van der Waals surface area contributed by atoms with Gasteiger partial charge in [-0.25, -0.2) is 0 Å². The van der Waals surface area contributed by atoms with E-state index in [1.165, 1.54) is 12.0 Å². The molecular formula is C24H28N4O3. The van der Waals surface area contributed by atoms with Gasteiger partial charge < -0.3 is 20.7 Å². The van der Waals surface area contributed by atoms with Crippen LogP contribution in [0.1, 0.15) is 35.6 Å². The molecule has 7 nitrogen and oxygen atoms in total. The molecule has 0 spiro atoms. The zero-order valence-electron chi connectivity index (χ0n) is 18.3. The SMILES string of the molecule is CCC(=O)N(CC(=O)OC)c1cc(C)c(C#CCNc2ccc(C(=N)N)cc2)cc1C. The van der Waals surface area contributed by atoms with Crippen LogP contribution in [0.2, 0.25) is 0 Å². The molecule has 0 unspecified atom stereocenters. The number of nitrogen functional groups attached to an aromatic ring is 1. The Hall–Kier alpha value is -3.79. The summed E-state index contributed by atoms with van der Waals surface area (Å²) in [4.78, 5) is 25.6. The summed E-state index contributed by atoms with van der Waals surface area (Å²) < 4.78 is 4.73. The van der Waals surface area contributed by atoms with Crippen LogP contribution in [0.15, 0.2) is 36.4 Å². The maximum atomic E-state index is 12.4. The Morgan fingerprint density at radius 3 is 2.42 bits per heavy atom. The number of carbonyl (C=O) groups is 2. The average molecular weight is 421 g/mol. The topological polar surface area (TPSA) is 109 Å². The quantitative estimate of drug-likeness (QED) is 0.276. The van der Waals surface area contributed by atoms with Crippen LogP contribution in [0.3, 0.4) is 0 Å². The second-order valence-electron chi connectivity index (χ2n) is 7.01. The minimum absolute atomic E-state index is 0.0337. The number of rotatable bonds is 7. The van der Waals surface area contributed by atoms with Crippen molar-refractivity contribution in [3.63, 3.8) is 0 Å². The number of benzene rings is 2. The van der Waals surface area contributed by atoms with Gasteiger partial charge in [-0.1, -0.05) is 18.8 Å². The average Bonchev–Trinajstić information content (AvgIpc) is 2.76. The van der Waals surface area contributed by atoms with Crippen molar-refractivity contribution in [1.29, 1.82) is 5.41 Å². The fourth-order valence-corrected chi connectivity index (χ4v) is 2.97. The molecule has 0 atom stereocenters. The number of aryl methyl sites for hydroxylation is 2. The van der Waals surface area contributed by atoms with Gasteiger partial charge in [0.1, 0.15) is 12.4 Å². The van der Waals surface area contributed by atoms with Gasteiger partial charge in [-0.3, -0.25) is 15.0 Å². The van der Waals surface area contributed by atoms with Crippen LogP contribution in [0.5, 0.6) is 0 Å². The van der Waals surface area contributed by atoms with Crippen molar-refractivity contribution < 1.29 is 14.3 Å². The molecule has 0 aliphatic rings. The van der Waals surface area contributed by atoms with E-state index in [9.17, 15) is 9.59 Å². The van der Waals surface area contributed by atoms with E-state index in [1.807, 2.05) is 38.1 Å². The highest BCUT2D eigenvalue weighted by Crippen LogP contribution is 2.25. The first-order valence-corrected chi connectivity index (χ1v) is 9.92. The number of nitrogens with two attached hydrogens (primary N) is 1. The number of amidine groups is 1. The van der Waals surface area contributed by atoms with Crippen LogP contribution in [-0.2, 0) is 14.3 Å². The lowest BCUT2D eigenvalue weighted by Crippen LogP contribution is -2.36. The number of nitrogens with zero attached hydrogens (tertiary/aromatic N) is 1. The van der Waals surface area contributed by atoms with E-state index in [-0.39, 0.29) is 24.7 Å². The van der Waals surface area contributed by atoms with Crippen LogP contribution < -0.4 is 16.0 Å². The van der Waals surface area contributed by atoms with Gasteiger partial charge >= 0.3 is 5.97 Å². The third-order valence-corrected chi connectivity index (χ3v) is 4.75. The van der Waals surface area contributed by atoms with E-state index in [0.29, 0.717) is 17.8 Å². The maximum Gasteiger partial charge on any atom is 0.325 e. The molecule has 0 aliphatic carbocycles. The highest BCUT2D eigenvalue weighted by atomic mass is 16.5. The number of amides is 1. The zero-order valence-corrected chi connectivity index (χ0v) is 18.3. The van der Waals surface area contributed by atoms with Crippen LogP contribution >= 0.6 is 0 Å². The number of ether oxygens (including phenoxy) is 1. The highest BCUT2D eigenvalue weighted by Gasteiger charge is 2.20. The van der Waals surface area contributed by atoms with Crippen LogP contribution in [0.4, 0.5) is 11.4 Å². The number of nitrogens with one attached hydrogen (secondary N) is 2. The summed E-state index contributed by atoms with van der Waals surface area (Å²) in [6, 6.07) is 11.1. The summed E-state index contributed by atoms with van der Waals surface area (Å²) in [5.74, 6) is 5.67. The smallest absolute Gasteiger partial charge is 0.325 e. The minimum Gasteiger partial charge on any atom is -0.468 e. The largest absolute Gasteiger partial charge is 0.468 e. The Balaban J connectivity index is 2.15. The number of methoxy groups -OCH3 is 1. The molecule has 2 rings (SSSR count). The van der Waals surface area contributed by atoms with Crippen LogP contribution in [0.25, 0.3) is 0 Å². The molecule has 0 aromatic heterocycles. The molecule has 31 heavy (non-hydrogen) atoms. The predicted molar refractivity (Wildman–Crippen MR) is 123 cm³/mol. The second kappa shape index (κ2) is 10.8. The van der Waals surface area contributed by atoms with Gasteiger partial charge in [0.25, 0.3) is 0 Å². The molecular weight excluding hydrogens is 392 g/mol. The molecule has 0 saturated carbocycles. The van der Waals surface area contributed by atoms with E-state index in [1.54, 1.807) is 19.1 Å². The van der Waals surface area contributed by atoms with Gasteiger partial charge in [0, 0.05) is 28.9 Å². The monoisotopic (exact) mass is 420 g/mol. The molecule has 4 N–H and O–H groups in total.